The van der Waals surface area contributed by atoms with Gasteiger partial charge in [-0.3, -0.25) is 14.5 Å². The summed E-state index contributed by atoms with van der Waals surface area (Å²) in [5.41, 5.74) is 0.555. The lowest BCUT2D eigenvalue weighted by Crippen LogP contribution is -2.50. The number of benzene rings is 2. The smallest absolute Gasteiger partial charge is 0.251 e. The fourth-order valence-corrected chi connectivity index (χ4v) is 4.47. The molecule has 0 aliphatic heterocycles. The number of ether oxygens (including phenoxy) is 1. The van der Waals surface area contributed by atoms with E-state index in [1.807, 2.05) is 38.3 Å². The minimum atomic E-state index is -0.930. The van der Waals surface area contributed by atoms with E-state index in [4.69, 9.17) is 4.74 Å². The number of hydrogen-bond donors (Lipinski definition) is 1. The fourth-order valence-electron chi connectivity index (χ4n) is 3.66. The number of tetrazole rings is 1. The Hall–Kier alpha value is -4.12. The summed E-state index contributed by atoms with van der Waals surface area (Å²) < 4.78 is 18.6. The maximum Gasteiger partial charge on any atom is 0.251 e. The van der Waals surface area contributed by atoms with Gasteiger partial charge in [-0.2, -0.15) is 4.80 Å². The second-order valence-corrected chi connectivity index (χ2v) is 10.2. The predicted molar refractivity (Wildman–Crippen MR) is 139 cm³/mol. The topological polar surface area (TPSA) is 102 Å². The van der Waals surface area contributed by atoms with Crippen molar-refractivity contribution in [2.75, 3.05) is 12.0 Å². The van der Waals surface area contributed by atoms with Crippen LogP contribution in [0.4, 0.5) is 10.1 Å². The van der Waals surface area contributed by atoms with E-state index < -0.39 is 17.5 Å². The fraction of sp³-hybridized carbons (Fsp3) is 0.269. The lowest BCUT2D eigenvalue weighted by Gasteiger charge is -2.33. The first-order valence-corrected chi connectivity index (χ1v) is 12.4. The van der Waals surface area contributed by atoms with Crippen LogP contribution in [0.15, 0.2) is 66.0 Å². The molecule has 0 saturated carbocycles. The molecule has 2 amide bonds. The number of anilines is 1. The van der Waals surface area contributed by atoms with Gasteiger partial charge in [-0.25, -0.2) is 4.39 Å². The van der Waals surface area contributed by atoms with Gasteiger partial charge in [-0.1, -0.05) is 6.07 Å². The summed E-state index contributed by atoms with van der Waals surface area (Å²) >= 11 is 1.38. The van der Waals surface area contributed by atoms with Crippen molar-refractivity contribution in [2.24, 2.45) is 0 Å². The maximum atomic E-state index is 13.8. The average Bonchev–Trinajstić information content (AvgIpc) is 3.54. The highest BCUT2D eigenvalue weighted by molar-refractivity contribution is 7.10. The quantitative estimate of drug-likeness (QED) is 0.371. The summed E-state index contributed by atoms with van der Waals surface area (Å²) in [7, 11) is 1.55. The molecule has 0 saturated heterocycles. The molecule has 0 radical (unpaired) electrons. The first-order valence-electron chi connectivity index (χ1n) is 11.5. The van der Waals surface area contributed by atoms with Crippen molar-refractivity contribution in [2.45, 2.75) is 38.9 Å². The number of carbonyl (C=O) groups is 2. The van der Waals surface area contributed by atoms with Crippen molar-refractivity contribution in [3.8, 4) is 17.1 Å². The summed E-state index contributed by atoms with van der Waals surface area (Å²) in [5, 5.41) is 17.1. The van der Waals surface area contributed by atoms with Gasteiger partial charge in [0.05, 0.1) is 7.11 Å². The number of rotatable bonds is 8. The van der Waals surface area contributed by atoms with Gasteiger partial charge >= 0.3 is 0 Å². The van der Waals surface area contributed by atoms with Crippen LogP contribution in [0.3, 0.4) is 0 Å². The molecular formula is C26H27FN6O3S. The average molecular weight is 523 g/mol. The molecule has 2 aromatic heterocycles. The molecule has 2 aromatic carbocycles. The van der Waals surface area contributed by atoms with Crippen LogP contribution in [-0.4, -0.2) is 44.7 Å². The van der Waals surface area contributed by atoms with Crippen molar-refractivity contribution in [1.29, 1.82) is 0 Å². The van der Waals surface area contributed by atoms with Crippen LogP contribution >= 0.6 is 11.3 Å². The molecule has 11 heteroatoms. The molecule has 2 heterocycles. The van der Waals surface area contributed by atoms with E-state index in [1.54, 1.807) is 31.4 Å². The van der Waals surface area contributed by atoms with E-state index >= 15 is 0 Å². The van der Waals surface area contributed by atoms with Gasteiger partial charge in [-0.15, -0.1) is 21.5 Å². The maximum absolute atomic E-state index is 13.8. The van der Waals surface area contributed by atoms with Crippen LogP contribution in [0, 0.1) is 5.82 Å². The van der Waals surface area contributed by atoms with Gasteiger partial charge in [-0.05, 0) is 86.0 Å². The minimum Gasteiger partial charge on any atom is -0.497 e. The zero-order valence-electron chi connectivity index (χ0n) is 20.9. The van der Waals surface area contributed by atoms with E-state index in [0.29, 0.717) is 21.9 Å². The van der Waals surface area contributed by atoms with Gasteiger partial charge < -0.3 is 10.1 Å². The molecule has 1 unspecified atom stereocenters. The SMILES string of the molecule is COc1ccc(N(C(=O)Cn2nnc(-c3ccc(F)cc3)n2)C(C(=O)NC(C)(C)C)c2cccs2)cc1. The Bertz CT molecular complexity index is 1350. The highest BCUT2D eigenvalue weighted by atomic mass is 32.1. The summed E-state index contributed by atoms with van der Waals surface area (Å²) in [6.45, 7) is 5.37. The number of nitrogens with one attached hydrogen (secondary N) is 1. The third-order valence-electron chi connectivity index (χ3n) is 5.27. The van der Waals surface area contributed by atoms with Crippen LogP contribution < -0.4 is 15.0 Å². The standard InChI is InChI=1S/C26H27FN6O3S/c1-26(2,3)28-25(35)23(21-6-5-15-37-21)33(19-11-13-20(36-4)14-12-19)22(34)16-32-30-24(29-31-32)17-7-9-18(27)10-8-17/h5-15,23H,16H2,1-4H3,(H,28,35). The van der Waals surface area contributed by atoms with Crippen LogP contribution in [0.25, 0.3) is 11.4 Å². The number of nitrogens with zero attached hydrogens (tertiary/aromatic N) is 5. The van der Waals surface area contributed by atoms with Crippen molar-refractivity contribution in [3.63, 3.8) is 0 Å². The van der Waals surface area contributed by atoms with Crippen molar-refractivity contribution in [3.05, 3.63) is 76.7 Å². The van der Waals surface area contributed by atoms with E-state index in [-0.39, 0.29) is 24.1 Å². The Morgan fingerprint density at radius 1 is 1.11 bits per heavy atom. The van der Waals surface area contributed by atoms with E-state index in [0.717, 1.165) is 4.80 Å². The number of amides is 2. The van der Waals surface area contributed by atoms with E-state index in [9.17, 15) is 14.0 Å². The molecule has 1 N–H and O–H groups in total. The largest absolute Gasteiger partial charge is 0.497 e. The molecule has 4 aromatic rings. The summed E-state index contributed by atoms with van der Waals surface area (Å²) in [6.07, 6.45) is 0. The van der Waals surface area contributed by atoms with Crippen LogP contribution in [0.5, 0.6) is 5.75 Å². The summed E-state index contributed by atoms with van der Waals surface area (Å²) in [5.74, 6) is -0.253. The summed E-state index contributed by atoms with van der Waals surface area (Å²) in [4.78, 5) is 30.7. The molecule has 4 rings (SSSR count). The summed E-state index contributed by atoms with van der Waals surface area (Å²) in [6, 6.07) is 15.3. The Morgan fingerprint density at radius 2 is 1.81 bits per heavy atom. The number of halogens is 1. The Morgan fingerprint density at radius 3 is 2.41 bits per heavy atom. The Labute approximate surface area is 217 Å². The molecule has 1 atom stereocenters. The first-order chi connectivity index (χ1) is 17.6. The molecule has 0 fully saturated rings. The monoisotopic (exact) mass is 522 g/mol. The number of aromatic nitrogens is 4. The highest BCUT2D eigenvalue weighted by Crippen LogP contribution is 2.32. The number of thiophene rings is 1. The van der Waals surface area contributed by atoms with Crippen molar-refractivity contribution in [1.82, 2.24) is 25.5 Å². The molecule has 0 aliphatic carbocycles. The first kappa shape index (κ1) is 26.0. The highest BCUT2D eigenvalue weighted by Gasteiger charge is 2.35. The number of hydrogen-bond acceptors (Lipinski definition) is 7. The molecule has 0 spiro atoms. The van der Waals surface area contributed by atoms with Gasteiger partial charge in [0.15, 0.2) is 0 Å². The van der Waals surface area contributed by atoms with Gasteiger partial charge in [0, 0.05) is 21.7 Å². The molecule has 192 valence electrons. The second-order valence-electron chi connectivity index (χ2n) is 9.27. The van der Waals surface area contributed by atoms with E-state index in [1.165, 1.54) is 40.5 Å². The molecule has 0 bridgehead atoms. The zero-order valence-corrected chi connectivity index (χ0v) is 21.7. The Balaban J connectivity index is 1.70. The van der Waals surface area contributed by atoms with Gasteiger partial charge in [0.2, 0.25) is 11.7 Å². The molecule has 9 nitrogen and oxygen atoms in total. The molecule has 0 aliphatic rings. The normalized spacial score (nSPS) is 12.1. The van der Waals surface area contributed by atoms with Crippen LogP contribution in [0.2, 0.25) is 0 Å². The zero-order chi connectivity index (χ0) is 26.6. The third-order valence-corrected chi connectivity index (χ3v) is 6.19. The lowest BCUT2D eigenvalue weighted by atomic mass is 10.1. The lowest BCUT2D eigenvalue weighted by molar-refractivity contribution is -0.128. The number of methoxy groups -OCH3 is 1. The van der Waals surface area contributed by atoms with Crippen molar-refractivity contribution < 1.29 is 18.7 Å². The number of carbonyl (C=O) groups excluding carboxylic acids is 2. The van der Waals surface area contributed by atoms with Crippen LogP contribution in [-0.2, 0) is 16.1 Å². The molecular weight excluding hydrogens is 495 g/mol. The predicted octanol–water partition coefficient (Wildman–Crippen LogP) is 4.24. The van der Waals surface area contributed by atoms with Crippen molar-refractivity contribution >= 4 is 28.8 Å². The third kappa shape index (κ3) is 6.36. The van der Waals surface area contributed by atoms with E-state index in [2.05, 4.69) is 20.7 Å². The van der Waals surface area contributed by atoms with Crippen LogP contribution in [0.1, 0.15) is 31.7 Å². The van der Waals surface area contributed by atoms with Gasteiger partial charge in [0.1, 0.15) is 24.2 Å². The Kier molecular flexibility index (Phi) is 7.63. The van der Waals surface area contributed by atoms with Gasteiger partial charge in [0.25, 0.3) is 5.91 Å². The molecule has 37 heavy (non-hydrogen) atoms. The minimum absolute atomic E-state index is 0.254. The second kappa shape index (κ2) is 10.9.